The maximum atomic E-state index is 13.3. The predicted octanol–water partition coefficient (Wildman–Crippen LogP) is 3.83. The second-order valence-corrected chi connectivity index (χ2v) is 5.93. The van der Waals surface area contributed by atoms with E-state index in [1.165, 1.54) is 19.2 Å². The van der Waals surface area contributed by atoms with Crippen LogP contribution in [0.25, 0.3) is 0 Å². The molecule has 17 heavy (non-hydrogen) atoms. The summed E-state index contributed by atoms with van der Waals surface area (Å²) in [5, 5.41) is 0. The summed E-state index contributed by atoms with van der Waals surface area (Å²) in [6.07, 6.45) is 0.879. The first-order chi connectivity index (χ1) is 7.86. The Hall–Kier alpha value is -0.900. The summed E-state index contributed by atoms with van der Waals surface area (Å²) in [4.78, 5) is 12.2. The van der Waals surface area contributed by atoms with Crippen molar-refractivity contribution in [2.45, 2.75) is 20.3 Å². The van der Waals surface area contributed by atoms with E-state index in [9.17, 15) is 9.18 Å². The number of methoxy groups -OCH3 is 1. The van der Waals surface area contributed by atoms with Crippen LogP contribution in [-0.4, -0.2) is 12.9 Å². The number of ketones is 1. The summed E-state index contributed by atoms with van der Waals surface area (Å²) < 4.78 is 18.7. The number of ether oxygens (including phenoxy) is 1. The number of hydrogen-bond donors (Lipinski definition) is 0. The van der Waals surface area contributed by atoms with Crippen LogP contribution in [0.15, 0.2) is 16.6 Å². The Bertz CT molecular complexity index is 483. The zero-order valence-electron chi connectivity index (χ0n) is 10.0. The minimum atomic E-state index is -0.423. The van der Waals surface area contributed by atoms with E-state index in [4.69, 9.17) is 4.74 Å². The van der Waals surface area contributed by atoms with Crippen molar-refractivity contribution in [1.82, 2.24) is 0 Å². The van der Waals surface area contributed by atoms with Crippen LogP contribution in [-0.2, 0) is 0 Å². The van der Waals surface area contributed by atoms with Crippen molar-refractivity contribution in [2.75, 3.05) is 7.11 Å². The normalized spacial score (nSPS) is 21.1. The average Bonchev–Trinajstić information content (AvgIpc) is 2.90. The molecule has 0 heterocycles. The molecule has 2 nitrogen and oxygen atoms in total. The van der Waals surface area contributed by atoms with E-state index in [1.54, 1.807) is 0 Å². The second kappa shape index (κ2) is 4.09. The van der Waals surface area contributed by atoms with E-state index in [2.05, 4.69) is 29.8 Å². The van der Waals surface area contributed by atoms with Crippen LogP contribution < -0.4 is 4.74 Å². The lowest BCUT2D eigenvalue weighted by Gasteiger charge is -2.09. The van der Waals surface area contributed by atoms with Gasteiger partial charge >= 0.3 is 0 Å². The van der Waals surface area contributed by atoms with Crippen LogP contribution in [0, 0.1) is 17.2 Å². The molecule has 1 saturated carbocycles. The maximum Gasteiger partial charge on any atom is 0.170 e. The number of halogens is 2. The Kier molecular flexibility index (Phi) is 3.02. The van der Waals surface area contributed by atoms with Gasteiger partial charge in [0.15, 0.2) is 5.78 Å². The van der Waals surface area contributed by atoms with E-state index < -0.39 is 5.82 Å². The molecular weight excluding hydrogens is 287 g/mol. The maximum absolute atomic E-state index is 13.3. The Balaban J connectivity index is 2.38. The molecule has 0 radical (unpaired) electrons. The number of benzene rings is 1. The highest BCUT2D eigenvalue weighted by molar-refractivity contribution is 9.10. The summed E-state index contributed by atoms with van der Waals surface area (Å²) in [6, 6.07) is 2.75. The number of carbonyl (C=O) groups excluding carboxylic acids is 1. The van der Waals surface area contributed by atoms with E-state index in [1.807, 2.05) is 0 Å². The van der Waals surface area contributed by atoms with Gasteiger partial charge < -0.3 is 4.74 Å². The SMILES string of the molecule is COc1cc(F)c(Br)cc1C(=O)C1CC1(C)C. The third kappa shape index (κ3) is 2.23. The van der Waals surface area contributed by atoms with Gasteiger partial charge in [-0.3, -0.25) is 4.79 Å². The summed E-state index contributed by atoms with van der Waals surface area (Å²) in [5.74, 6) is -0.0619. The van der Waals surface area contributed by atoms with E-state index in [-0.39, 0.29) is 17.1 Å². The van der Waals surface area contributed by atoms with Gasteiger partial charge in [0, 0.05) is 12.0 Å². The average molecular weight is 301 g/mol. The van der Waals surface area contributed by atoms with Gasteiger partial charge in [0.25, 0.3) is 0 Å². The van der Waals surface area contributed by atoms with Crippen molar-refractivity contribution < 1.29 is 13.9 Å². The first-order valence-electron chi connectivity index (χ1n) is 5.44. The molecule has 1 fully saturated rings. The molecule has 0 amide bonds. The molecule has 2 rings (SSSR count). The standard InChI is InChI=1S/C13H14BrFO2/c1-13(2)6-8(13)12(16)7-4-9(14)10(15)5-11(7)17-3/h4-5,8H,6H2,1-3H3. The Morgan fingerprint density at radius 1 is 1.53 bits per heavy atom. The zero-order valence-corrected chi connectivity index (χ0v) is 11.6. The van der Waals surface area contributed by atoms with Crippen LogP contribution in [0.5, 0.6) is 5.75 Å². The van der Waals surface area contributed by atoms with Gasteiger partial charge in [-0.2, -0.15) is 0 Å². The molecule has 0 spiro atoms. The Labute approximate surface area is 108 Å². The number of hydrogen-bond acceptors (Lipinski definition) is 2. The first kappa shape index (κ1) is 12.6. The van der Waals surface area contributed by atoms with Crippen LogP contribution in [0.4, 0.5) is 4.39 Å². The van der Waals surface area contributed by atoms with Crippen LogP contribution in [0.3, 0.4) is 0 Å². The summed E-state index contributed by atoms with van der Waals surface area (Å²) in [6.45, 7) is 4.11. The van der Waals surface area contributed by atoms with Gasteiger partial charge in [0.2, 0.25) is 0 Å². The largest absolute Gasteiger partial charge is 0.496 e. The number of rotatable bonds is 3. The molecule has 0 N–H and O–H groups in total. The highest BCUT2D eigenvalue weighted by Gasteiger charge is 2.51. The fraction of sp³-hybridized carbons (Fsp3) is 0.462. The Morgan fingerprint density at radius 3 is 2.59 bits per heavy atom. The van der Waals surface area contributed by atoms with Crippen LogP contribution in [0.2, 0.25) is 0 Å². The monoisotopic (exact) mass is 300 g/mol. The quantitative estimate of drug-likeness (QED) is 0.793. The van der Waals surface area contributed by atoms with Crippen molar-refractivity contribution in [3.8, 4) is 5.75 Å². The van der Waals surface area contributed by atoms with Crippen molar-refractivity contribution in [1.29, 1.82) is 0 Å². The summed E-state index contributed by atoms with van der Waals surface area (Å²) in [7, 11) is 1.44. The summed E-state index contributed by atoms with van der Waals surface area (Å²) in [5.41, 5.74) is 0.513. The number of Topliss-reactive ketones (excluding diaryl/α,β-unsaturated/α-hetero) is 1. The van der Waals surface area contributed by atoms with Gasteiger partial charge in [-0.15, -0.1) is 0 Å². The fourth-order valence-electron chi connectivity index (χ4n) is 1.99. The van der Waals surface area contributed by atoms with E-state index >= 15 is 0 Å². The van der Waals surface area contributed by atoms with Gasteiger partial charge in [-0.05, 0) is 33.8 Å². The minimum Gasteiger partial charge on any atom is -0.496 e. The molecule has 1 unspecified atom stereocenters. The smallest absolute Gasteiger partial charge is 0.170 e. The third-order valence-electron chi connectivity index (χ3n) is 3.34. The molecule has 1 aliphatic rings. The highest BCUT2D eigenvalue weighted by Crippen LogP contribution is 2.53. The molecule has 1 aromatic rings. The molecule has 1 aliphatic carbocycles. The molecule has 4 heteroatoms. The summed E-state index contributed by atoms with van der Waals surface area (Å²) >= 11 is 3.09. The van der Waals surface area contributed by atoms with Gasteiger partial charge in [0.05, 0.1) is 17.1 Å². The Morgan fingerprint density at radius 2 is 2.12 bits per heavy atom. The van der Waals surface area contributed by atoms with Crippen LogP contribution >= 0.6 is 15.9 Å². The van der Waals surface area contributed by atoms with Crippen molar-refractivity contribution >= 4 is 21.7 Å². The van der Waals surface area contributed by atoms with Crippen molar-refractivity contribution in [3.05, 3.63) is 28.0 Å². The molecule has 0 aromatic heterocycles. The zero-order chi connectivity index (χ0) is 12.8. The lowest BCUT2D eigenvalue weighted by atomic mass is 10.0. The predicted molar refractivity (Wildman–Crippen MR) is 66.9 cm³/mol. The molecule has 0 bridgehead atoms. The lowest BCUT2D eigenvalue weighted by molar-refractivity contribution is 0.0950. The second-order valence-electron chi connectivity index (χ2n) is 5.08. The lowest BCUT2D eigenvalue weighted by Crippen LogP contribution is -2.09. The third-order valence-corrected chi connectivity index (χ3v) is 3.95. The molecule has 0 saturated heterocycles. The van der Waals surface area contributed by atoms with Gasteiger partial charge in [-0.25, -0.2) is 4.39 Å². The molecule has 92 valence electrons. The van der Waals surface area contributed by atoms with E-state index in [0.717, 1.165) is 6.42 Å². The first-order valence-corrected chi connectivity index (χ1v) is 6.23. The van der Waals surface area contributed by atoms with E-state index in [0.29, 0.717) is 15.8 Å². The van der Waals surface area contributed by atoms with Crippen LogP contribution in [0.1, 0.15) is 30.6 Å². The van der Waals surface area contributed by atoms with Gasteiger partial charge in [-0.1, -0.05) is 13.8 Å². The number of carbonyl (C=O) groups is 1. The van der Waals surface area contributed by atoms with Gasteiger partial charge in [0.1, 0.15) is 11.6 Å². The highest BCUT2D eigenvalue weighted by atomic mass is 79.9. The van der Waals surface area contributed by atoms with Crippen molar-refractivity contribution in [3.63, 3.8) is 0 Å². The molecule has 0 aliphatic heterocycles. The minimum absolute atomic E-state index is 0.0220. The molecule has 1 aromatic carbocycles. The topological polar surface area (TPSA) is 26.3 Å². The fourth-order valence-corrected chi connectivity index (χ4v) is 2.34. The van der Waals surface area contributed by atoms with Crippen molar-refractivity contribution in [2.24, 2.45) is 11.3 Å². The molecule has 1 atom stereocenters. The molecular formula is C13H14BrFO2.